The van der Waals surface area contributed by atoms with Crippen molar-refractivity contribution < 1.29 is 14.0 Å². The molecule has 0 bridgehead atoms. The lowest BCUT2D eigenvalue weighted by molar-refractivity contribution is -0.122. The Morgan fingerprint density at radius 1 is 1.38 bits per heavy atom. The first-order chi connectivity index (χ1) is 10.1. The molecule has 2 amide bonds. The highest BCUT2D eigenvalue weighted by atomic mass is 19.1. The molecule has 112 valence electrons. The number of nitrogens with zero attached hydrogens (tertiary/aromatic N) is 2. The monoisotopic (exact) mass is 292 g/mol. The van der Waals surface area contributed by atoms with Crippen molar-refractivity contribution in [3.8, 4) is 0 Å². The predicted molar refractivity (Wildman–Crippen MR) is 74.4 cm³/mol. The molecule has 0 aliphatic heterocycles. The lowest BCUT2D eigenvalue weighted by Crippen LogP contribution is -2.35. The number of hydroxylamine groups is 2. The predicted octanol–water partition coefficient (Wildman–Crippen LogP) is 1.99. The topological polar surface area (TPSA) is 84.2 Å². The third-order valence-electron chi connectivity index (χ3n) is 2.86. The van der Waals surface area contributed by atoms with Crippen LogP contribution in [0.3, 0.4) is 0 Å². The fourth-order valence-corrected chi connectivity index (χ4v) is 1.80. The highest BCUT2D eigenvalue weighted by Crippen LogP contribution is 2.08. The zero-order valence-corrected chi connectivity index (χ0v) is 11.5. The Kier molecular flexibility index (Phi) is 5.28. The first kappa shape index (κ1) is 15.0. The number of H-pyrrole nitrogens is 1. The van der Waals surface area contributed by atoms with E-state index in [1.54, 1.807) is 18.5 Å². The van der Waals surface area contributed by atoms with Gasteiger partial charge in [0.25, 0.3) is 0 Å². The Bertz CT molecular complexity index is 557. The highest BCUT2D eigenvalue weighted by molar-refractivity contribution is 5.70. The quantitative estimate of drug-likeness (QED) is 0.604. The number of aromatic nitrogens is 2. The summed E-state index contributed by atoms with van der Waals surface area (Å²) in [6, 6.07) is 5.13. The number of aromatic amines is 1. The lowest BCUT2D eigenvalue weighted by Gasteiger charge is -2.19. The summed E-state index contributed by atoms with van der Waals surface area (Å²) in [6.07, 6.45) is 4.87. The number of rotatable bonds is 7. The minimum Gasteiger partial charge on any atom is -0.351 e. The maximum atomic E-state index is 12.8. The number of nitrogens with two attached hydrogens (primary N) is 1. The van der Waals surface area contributed by atoms with Gasteiger partial charge in [-0.3, -0.25) is 4.84 Å². The van der Waals surface area contributed by atoms with Crippen molar-refractivity contribution in [2.24, 2.45) is 5.73 Å². The van der Waals surface area contributed by atoms with Crippen LogP contribution in [0.1, 0.15) is 17.7 Å². The summed E-state index contributed by atoms with van der Waals surface area (Å²) < 4.78 is 12.8. The zero-order chi connectivity index (χ0) is 15.1. The number of amides is 2. The van der Waals surface area contributed by atoms with Crippen LogP contribution in [0, 0.1) is 5.82 Å². The molecule has 1 aromatic heterocycles. The number of benzene rings is 1. The Hall–Kier alpha value is -2.41. The van der Waals surface area contributed by atoms with Gasteiger partial charge in [-0.1, -0.05) is 12.1 Å². The Balaban J connectivity index is 1.79. The Morgan fingerprint density at radius 2 is 2.14 bits per heavy atom. The zero-order valence-electron chi connectivity index (χ0n) is 11.5. The van der Waals surface area contributed by atoms with Crippen LogP contribution in [0.25, 0.3) is 0 Å². The minimum atomic E-state index is -0.681. The molecule has 2 rings (SSSR count). The smallest absolute Gasteiger partial charge is 0.339 e. The van der Waals surface area contributed by atoms with Gasteiger partial charge in [-0.05, 0) is 30.5 Å². The van der Waals surface area contributed by atoms with E-state index in [2.05, 4.69) is 9.97 Å². The van der Waals surface area contributed by atoms with Gasteiger partial charge in [0.05, 0.1) is 25.2 Å². The fraction of sp³-hybridized carbons (Fsp3) is 0.286. The summed E-state index contributed by atoms with van der Waals surface area (Å²) in [6.45, 7) is 0.523. The first-order valence-electron chi connectivity index (χ1n) is 6.57. The number of nitrogens with one attached hydrogen (secondary N) is 1. The van der Waals surface area contributed by atoms with Gasteiger partial charge in [0.1, 0.15) is 5.82 Å². The number of carbonyl (C=O) groups is 1. The molecule has 7 heteroatoms. The Labute approximate surface area is 121 Å². The van der Waals surface area contributed by atoms with Crippen LogP contribution >= 0.6 is 0 Å². The van der Waals surface area contributed by atoms with E-state index in [1.165, 1.54) is 12.1 Å². The largest absolute Gasteiger partial charge is 0.351 e. The van der Waals surface area contributed by atoms with Gasteiger partial charge < -0.3 is 10.7 Å². The van der Waals surface area contributed by atoms with E-state index in [1.807, 2.05) is 6.20 Å². The molecule has 3 N–H and O–H groups in total. The third kappa shape index (κ3) is 4.88. The molecule has 21 heavy (non-hydrogen) atoms. The molecule has 0 unspecified atom stereocenters. The molecule has 0 aliphatic rings. The number of urea groups is 1. The summed E-state index contributed by atoms with van der Waals surface area (Å²) in [7, 11) is 0. The van der Waals surface area contributed by atoms with Gasteiger partial charge in [0, 0.05) is 6.20 Å². The van der Waals surface area contributed by atoms with E-state index < -0.39 is 6.03 Å². The maximum Gasteiger partial charge on any atom is 0.339 e. The summed E-state index contributed by atoms with van der Waals surface area (Å²) in [5.74, 6) is -0.329. The van der Waals surface area contributed by atoms with Crippen molar-refractivity contribution in [3.63, 3.8) is 0 Å². The standard InChI is InChI=1S/C14H17FN4O2/c15-12-5-3-11(4-6-12)9-19(14(16)20)21-7-1-2-13-8-17-10-18-13/h3-6,8,10H,1-2,7,9H2,(H2,16,20)(H,17,18). The molecule has 0 atom stereocenters. The van der Waals surface area contributed by atoms with Crippen LogP contribution in [-0.2, 0) is 17.8 Å². The van der Waals surface area contributed by atoms with Gasteiger partial charge in [-0.2, -0.15) is 5.06 Å². The SMILES string of the molecule is NC(=O)N(Cc1ccc(F)cc1)OCCCc1c[nH]cn1. The summed E-state index contributed by atoms with van der Waals surface area (Å²) in [5.41, 5.74) is 6.93. The molecule has 0 aliphatic carbocycles. The van der Waals surface area contributed by atoms with Gasteiger partial charge in [0.2, 0.25) is 0 Å². The van der Waals surface area contributed by atoms with Crippen LogP contribution in [-0.4, -0.2) is 27.7 Å². The van der Waals surface area contributed by atoms with Crippen molar-refractivity contribution in [2.75, 3.05) is 6.61 Å². The average Bonchev–Trinajstić information content (AvgIpc) is 2.97. The van der Waals surface area contributed by atoms with Gasteiger partial charge in [-0.15, -0.1) is 0 Å². The van der Waals surface area contributed by atoms with E-state index in [-0.39, 0.29) is 12.4 Å². The van der Waals surface area contributed by atoms with E-state index in [0.717, 1.165) is 22.7 Å². The minimum absolute atomic E-state index is 0.179. The molecule has 0 saturated heterocycles. The van der Waals surface area contributed by atoms with Crippen LogP contribution in [0.15, 0.2) is 36.8 Å². The number of aryl methyl sites for hydroxylation is 1. The van der Waals surface area contributed by atoms with Crippen molar-refractivity contribution in [3.05, 3.63) is 53.9 Å². The lowest BCUT2D eigenvalue weighted by atomic mass is 10.2. The van der Waals surface area contributed by atoms with Crippen molar-refractivity contribution in [1.82, 2.24) is 15.0 Å². The number of hydrogen-bond donors (Lipinski definition) is 2. The highest BCUT2D eigenvalue weighted by Gasteiger charge is 2.11. The van der Waals surface area contributed by atoms with Crippen molar-refractivity contribution >= 4 is 6.03 Å². The fourth-order valence-electron chi connectivity index (χ4n) is 1.80. The molecule has 1 heterocycles. The van der Waals surface area contributed by atoms with E-state index >= 15 is 0 Å². The van der Waals surface area contributed by atoms with Crippen molar-refractivity contribution in [2.45, 2.75) is 19.4 Å². The number of halogens is 1. The summed E-state index contributed by atoms with van der Waals surface area (Å²) in [5, 5.41) is 1.07. The molecule has 2 aromatic rings. The van der Waals surface area contributed by atoms with E-state index in [9.17, 15) is 9.18 Å². The van der Waals surface area contributed by atoms with Crippen molar-refractivity contribution in [1.29, 1.82) is 0 Å². The van der Waals surface area contributed by atoms with Gasteiger partial charge >= 0.3 is 6.03 Å². The van der Waals surface area contributed by atoms with Crippen LogP contribution in [0.4, 0.5) is 9.18 Å². The molecule has 1 aromatic carbocycles. The van der Waals surface area contributed by atoms with Gasteiger partial charge in [-0.25, -0.2) is 14.2 Å². The molecule has 0 radical (unpaired) electrons. The van der Waals surface area contributed by atoms with Crippen LogP contribution < -0.4 is 5.73 Å². The molecule has 6 nitrogen and oxygen atoms in total. The first-order valence-corrected chi connectivity index (χ1v) is 6.57. The average molecular weight is 292 g/mol. The van der Waals surface area contributed by atoms with E-state index in [0.29, 0.717) is 13.0 Å². The second-order valence-electron chi connectivity index (χ2n) is 4.50. The number of primary amides is 1. The normalized spacial score (nSPS) is 10.5. The van der Waals surface area contributed by atoms with Crippen LogP contribution in [0.2, 0.25) is 0 Å². The third-order valence-corrected chi connectivity index (χ3v) is 2.86. The number of hydrogen-bond acceptors (Lipinski definition) is 3. The van der Waals surface area contributed by atoms with Gasteiger partial charge in [0.15, 0.2) is 0 Å². The molecular weight excluding hydrogens is 275 g/mol. The summed E-state index contributed by atoms with van der Waals surface area (Å²) >= 11 is 0. The summed E-state index contributed by atoms with van der Waals surface area (Å²) in [4.78, 5) is 23.6. The van der Waals surface area contributed by atoms with Crippen LogP contribution in [0.5, 0.6) is 0 Å². The second-order valence-corrected chi connectivity index (χ2v) is 4.50. The molecule has 0 saturated carbocycles. The maximum absolute atomic E-state index is 12.8. The second kappa shape index (κ2) is 7.39. The number of imidazole rings is 1. The number of carbonyl (C=O) groups excluding carboxylic acids is 1. The molecule has 0 fully saturated rings. The van der Waals surface area contributed by atoms with E-state index in [4.69, 9.17) is 10.6 Å². The Morgan fingerprint density at radius 3 is 2.76 bits per heavy atom. The molecule has 0 spiro atoms. The molecular formula is C14H17FN4O2.